The molecule has 2 aliphatic rings. The van der Waals surface area contributed by atoms with Gasteiger partial charge in [-0.2, -0.15) is 9.40 Å². The second-order valence-electron chi connectivity index (χ2n) is 8.19. The van der Waals surface area contributed by atoms with Crippen molar-refractivity contribution < 1.29 is 13.5 Å². The largest absolute Gasteiger partial charge is 0.396 e. The van der Waals surface area contributed by atoms with Gasteiger partial charge in [0.15, 0.2) is 5.65 Å². The number of hydrogen-bond donors (Lipinski definition) is 1. The zero-order valence-electron chi connectivity index (χ0n) is 16.1. The van der Waals surface area contributed by atoms with Crippen molar-refractivity contribution in [3.63, 3.8) is 0 Å². The number of sulfonamides is 1. The van der Waals surface area contributed by atoms with Gasteiger partial charge in [0.1, 0.15) is 4.21 Å². The Hall–Kier alpha value is -1.85. The summed E-state index contributed by atoms with van der Waals surface area (Å²) in [5.74, 6) is 0.109. The van der Waals surface area contributed by atoms with E-state index < -0.39 is 15.4 Å². The van der Waals surface area contributed by atoms with Crippen molar-refractivity contribution in [3.05, 3.63) is 47.2 Å². The van der Waals surface area contributed by atoms with Gasteiger partial charge < -0.3 is 5.11 Å². The third-order valence-corrected chi connectivity index (χ3v) is 9.50. The highest BCUT2D eigenvalue weighted by atomic mass is 32.2. The van der Waals surface area contributed by atoms with Crippen molar-refractivity contribution in [1.82, 2.24) is 23.8 Å². The molecule has 3 aromatic heterocycles. The number of aliphatic hydroxyl groups excluding tert-OH is 1. The third-order valence-electron chi connectivity index (χ3n) is 6.16. The highest BCUT2D eigenvalue weighted by Crippen LogP contribution is 2.44. The van der Waals surface area contributed by atoms with Crippen LogP contribution in [-0.4, -0.2) is 70.1 Å². The number of aliphatic hydroxyl groups is 1. The molecule has 8 nitrogen and oxygen atoms in total. The molecule has 5 rings (SSSR count). The molecule has 2 unspecified atom stereocenters. The molecule has 0 saturated carbocycles. The van der Waals surface area contributed by atoms with E-state index in [1.807, 2.05) is 30.8 Å². The molecular weight excluding hydrogens is 410 g/mol. The molecule has 2 saturated heterocycles. The van der Waals surface area contributed by atoms with Crippen LogP contribution in [0.4, 0.5) is 0 Å². The molecule has 3 aromatic rings. The Bertz CT molecular complexity index is 1160. The predicted octanol–water partition coefficient (Wildman–Crippen LogP) is 1.21. The van der Waals surface area contributed by atoms with Crippen molar-refractivity contribution in [2.75, 3.05) is 32.8 Å². The molecule has 0 spiro atoms. The van der Waals surface area contributed by atoms with E-state index in [1.165, 1.54) is 11.3 Å². The highest BCUT2D eigenvalue weighted by Gasteiger charge is 2.54. The number of hydrogen-bond acceptors (Lipinski definition) is 7. The van der Waals surface area contributed by atoms with Gasteiger partial charge in [0, 0.05) is 56.1 Å². The summed E-state index contributed by atoms with van der Waals surface area (Å²) >= 11 is 1.26. The fraction of sp³-hybridized carbons (Fsp3) is 0.474. The van der Waals surface area contributed by atoms with E-state index >= 15 is 0 Å². The fourth-order valence-electron chi connectivity index (χ4n) is 4.67. The maximum atomic E-state index is 13.0. The van der Waals surface area contributed by atoms with Crippen molar-refractivity contribution >= 4 is 27.0 Å². The van der Waals surface area contributed by atoms with Crippen LogP contribution in [0.25, 0.3) is 5.65 Å². The van der Waals surface area contributed by atoms with Crippen LogP contribution in [0.15, 0.2) is 40.3 Å². The van der Waals surface area contributed by atoms with Gasteiger partial charge >= 0.3 is 0 Å². The molecule has 0 radical (unpaired) electrons. The molecule has 29 heavy (non-hydrogen) atoms. The van der Waals surface area contributed by atoms with Gasteiger partial charge in [-0.05, 0) is 35.9 Å². The molecule has 5 heterocycles. The van der Waals surface area contributed by atoms with Gasteiger partial charge in [-0.25, -0.2) is 17.9 Å². The molecule has 2 fully saturated rings. The van der Waals surface area contributed by atoms with E-state index in [9.17, 15) is 13.5 Å². The lowest BCUT2D eigenvalue weighted by atomic mass is 9.82. The maximum absolute atomic E-state index is 13.0. The Kier molecular flexibility index (Phi) is 4.52. The van der Waals surface area contributed by atoms with Crippen molar-refractivity contribution in [1.29, 1.82) is 0 Å². The molecule has 1 N–H and O–H groups in total. The van der Waals surface area contributed by atoms with Gasteiger partial charge in [-0.15, -0.1) is 11.3 Å². The number of likely N-dealkylation sites (tertiary alicyclic amines) is 1. The summed E-state index contributed by atoms with van der Waals surface area (Å²) in [7, 11) is -3.51. The fourth-order valence-corrected chi connectivity index (χ4v) is 7.63. The summed E-state index contributed by atoms with van der Waals surface area (Å²) in [4.78, 5) is 6.69. The van der Waals surface area contributed by atoms with Crippen LogP contribution in [0.1, 0.15) is 11.1 Å². The second kappa shape index (κ2) is 6.85. The zero-order chi connectivity index (χ0) is 20.2. The minimum atomic E-state index is -3.51. The standard InChI is InChI=1S/C19H23N5O3S2/c1-14-5-17(28-10-14)29(26,27)23-9-16-8-22(11-19(16,12-23)13-25)7-15-6-21-24-4-2-3-20-18(15)24/h2-6,10,16,25H,7-9,11-13H2,1H3. The summed E-state index contributed by atoms with van der Waals surface area (Å²) in [6.45, 7) is 4.79. The second-order valence-corrected chi connectivity index (χ2v) is 11.3. The molecular formula is C19H23N5O3S2. The Labute approximate surface area is 173 Å². The van der Waals surface area contributed by atoms with E-state index in [0.717, 1.165) is 23.3 Å². The summed E-state index contributed by atoms with van der Waals surface area (Å²) in [5, 5.41) is 16.4. The normalized spacial score (nSPS) is 25.8. The molecule has 0 aromatic carbocycles. The van der Waals surface area contributed by atoms with Gasteiger partial charge in [0.05, 0.1) is 12.8 Å². The molecule has 154 valence electrons. The van der Waals surface area contributed by atoms with Crippen LogP contribution in [0, 0.1) is 18.3 Å². The number of aryl methyl sites for hydroxylation is 1. The summed E-state index contributed by atoms with van der Waals surface area (Å²) in [6, 6.07) is 3.57. The molecule has 2 atom stereocenters. The summed E-state index contributed by atoms with van der Waals surface area (Å²) < 4.78 is 29.8. The molecule has 2 aliphatic heterocycles. The minimum Gasteiger partial charge on any atom is -0.396 e. The predicted molar refractivity (Wildman–Crippen MR) is 109 cm³/mol. The van der Waals surface area contributed by atoms with E-state index in [4.69, 9.17) is 0 Å². The lowest BCUT2D eigenvalue weighted by Crippen LogP contribution is -2.38. The van der Waals surface area contributed by atoms with Crippen molar-refractivity contribution in [2.24, 2.45) is 11.3 Å². The molecule has 0 aliphatic carbocycles. The lowest BCUT2D eigenvalue weighted by molar-refractivity contribution is 0.119. The van der Waals surface area contributed by atoms with Gasteiger partial charge in [0.2, 0.25) is 0 Å². The van der Waals surface area contributed by atoms with Crippen LogP contribution in [0.3, 0.4) is 0 Å². The minimum absolute atomic E-state index is 0.0172. The number of thiophene rings is 1. The Balaban J connectivity index is 1.34. The first kappa shape index (κ1) is 19.1. The van der Waals surface area contributed by atoms with E-state index in [0.29, 0.717) is 30.4 Å². The number of fused-ring (bicyclic) bond motifs is 2. The summed E-state index contributed by atoms with van der Waals surface area (Å²) in [6.07, 6.45) is 5.45. The van der Waals surface area contributed by atoms with Crippen LogP contribution in [-0.2, 0) is 16.6 Å². The van der Waals surface area contributed by atoms with Crippen LogP contribution < -0.4 is 0 Å². The summed E-state index contributed by atoms with van der Waals surface area (Å²) in [5.41, 5.74) is 2.41. The van der Waals surface area contributed by atoms with Crippen molar-refractivity contribution in [2.45, 2.75) is 17.7 Å². The first-order valence-electron chi connectivity index (χ1n) is 9.57. The highest BCUT2D eigenvalue weighted by molar-refractivity contribution is 7.91. The Morgan fingerprint density at radius 1 is 1.34 bits per heavy atom. The van der Waals surface area contributed by atoms with E-state index in [1.54, 1.807) is 21.1 Å². The smallest absolute Gasteiger partial charge is 0.252 e. The quantitative estimate of drug-likeness (QED) is 0.651. The number of rotatable bonds is 5. The zero-order valence-corrected chi connectivity index (χ0v) is 17.7. The lowest BCUT2D eigenvalue weighted by Gasteiger charge is -2.27. The maximum Gasteiger partial charge on any atom is 0.252 e. The topological polar surface area (TPSA) is 91.0 Å². The van der Waals surface area contributed by atoms with Crippen LogP contribution >= 0.6 is 11.3 Å². The number of nitrogens with zero attached hydrogens (tertiary/aromatic N) is 5. The Morgan fingerprint density at radius 3 is 2.93 bits per heavy atom. The first-order chi connectivity index (χ1) is 13.9. The third kappa shape index (κ3) is 3.10. The monoisotopic (exact) mass is 433 g/mol. The average Bonchev–Trinajstić information content (AvgIpc) is 3.45. The van der Waals surface area contributed by atoms with Crippen LogP contribution in [0.2, 0.25) is 0 Å². The van der Waals surface area contributed by atoms with E-state index in [2.05, 4.69) is 15.0 Å². The number of aromatic nitrogens is 3. The van der Waals surface area contributed by atoms with Gasteiger partial charge in [-0.1, -0.05) is 0 Å². The van der Waals surface area contributed by atoms with Crippen molar-refractivity contribution in [3.8, 4) is 0 Å². The Morgan fingerprint density at radius 2 is 2.21 bits per heavy atom. The SMILES string of the molecule is Cc1csc(S(=O)(=O)N2CC3CN(Cc4cnn5cccnc45)CC3(CO)C2)c1. The average molecular weight is 434 g/mol. The van der Waals surface area contributed by atoms with Gasteiger partial charge in [-0.3, -0.25) is 4.90 Å². The molecule has 0 bridgehead atoms. The van der Waals surface area contributed by atoms with Crippen LogP contribution in [0.5, 0.6) is 0 Å². The van der Waals surface area contributed by atoms with E-state index in [-0.39, 0.29) is 12.5 Å². The first-order valence-corrected chi connectivity index (χ1v) is 11.9. The molecule has 0 amide bonds. The molecule has 10 heteroatoms. The van der Waals surface area contributed by atoms with Gasteiger partial charge in [0.25, 0.3) is 10.0 Å².